The molecule has 1 saturated heterocycles. The van der Waals surface area contributed by atoms with Gasteiger partial charge in [-0.25, -0.2) is 9.78 Å². The minimum absolute atomic E-state index is 0.190. The Labute approximate surface area is 118 Å². The predicted molar refractivity (Wildman–Crippen MR) is 75.1 cm³/mol. The molecule has 6 nitrogen and oxygen atoms in total. The number of carbonyl (C=O) groups excluding carboxylic acids is 1. The van der Waals surface area contributed by atoms with Gasteiger partial charge in [0.2, 0.25) is 0 Å². The van der Waals surface area contributed by atoms with Crippen LogP contribution in [-0.2, 0) is 9.47 Å². The quantitative estimate of drug-likeness (QED) is 0.850. The third-order valence-electron chi connectivity index (χ3n) is 2.90. The van der Waals surface area contributed by atoms with E-state index in [1.807, 2.05) is 26.8 Å². The van der Waals surface area contributed by atoms with Gasteiger partial charge in [0.1, 0.15) is 17.5 Å². The van der Waals surface area contributed by atoms with E-state index in [2.05, 4.69) is 4.98 Å². The Morgan fingerprint density at radius 3 is 2.85 bits per heavy atom. The van der Waals surface area contributed by atoms with E-state index in [-0.39, 0.29) is 12.2 Å². The SMILES string of the molecule is CC(C)(C)OC(=O)N1CCO[C@H](c2ccc(N)nc2)C1. The van der Waals surface area contributed by atoms with E-state index < -0.39 is 5.60 Å². The molecule has 1 fully saturated rings. The minimum atomic E-state index is -0.492. The number of aromatic nitrogens is 1. The number of nitrogens with zero attached hydrogens (tertiary/aromatic N) is 2. The Morgan fingerprint density at radius 2 is 2.25 bits per heavy atom. The average molecular weight is 279 g/mol. The lowest BCUT2D eigenvalue weighted by atomic mass is 10.1. The Morgan fingerprint density at radius 1 is 1.50 bits per heavy atom. The van der Waals surface area contributed by atoms with Crippen LogP contribution in [0.3, 0.4) is 0 Å². The fraction of sp³-hybridized carbons (Fsp3) is 0.571. The van der Waals surface area contributed by atoms with Gasteiger partial charge in [-0.3, -0.25) is 0 Å². The maximum absolute atomic E-state index is 12.1. The molecule has 0 radical (unpaired) electrons. The lowest BCUT2D eigenvalue weighted by Gasteiger charge is -2.34. The number of nitrogen functional groups attached to an aromatic ring is 1. The van der Waals surface area contributed by atoms with Crippen LogP contribution >= 0.6 is 0 Å². The van der Waals surface area contributed by atoms with E-state index in [1.54, 1.807) is 17.2 Å². The summed E-state index contributed by atoms with van der Waals surface area (Å²) in [6, 6.07) is 3.59. The summed E-state index contributed by atoms with van der Waals surface area (Å²) in [5.74, 6) is 0.466. The average Bonchev–Trinajstić information content (AvgIpc) is 2.38. The number of pyridine rings is 1. The second-order valence-electron chi connectivity index (χ2n) is 5.80. The summed E-state index contributed by atoms with van der Waals surface area (Å²) in [6.45, 7) is 7.04. The van der Waals surface area contributed by atoms with Gasteiger partial charge < -0.3 is 20.1 Å². The predicted octanol–water partition coefficient (Wildman–Crippen LogP) is 1.97. The van der Waals surface area contributed by atoms with Crippen LogP contribution in [0.25, 0.3) is 0 Å². The van der Waals surface area contributed by atoms with Gasteiger partial charge >= 0.3 is 6.09 Å². The highest BCUT2D eigenvalue weighted by atomic mass is 16.6. The highest BCUT2D eigenvalue weighted by Crippen LogP contribution is 2.23. The molecule has 6 heteroatoms. The van der Waals surface area contributed by atoms with Crippen LogP contribution in [0.4, 0.5) is 10.6 Å². The first-order valence-corrected chi connectivity index (χ1v) is 6.66. The van der Waals surface area contributed by atoms with Crippen molar-refractivity contribution in [2.75, 3.05) is 25.4 Å². The van der Waals surface area contributed by atoms with Gasteiger partial charge in [-0.15, -0.1) is 0 Å². The van der Waals surface area contributed by atoms with Crippen LogP contribution < -0.4 is 5.73 Å². The second-order valence-corrected chi connectivity index (χ2v) is 5.80. The molecule has 1 aliphatic heterocycles. The van der Waals surface area contributed by atoms with Crippen LogP contribution in [-0.4, -0.2) is 41.3 Å². The number of amides is 1. The van der Waals surface area contributed by atoms with E-state index in [1.165, 1.54) is 0 Å². The summed E-state index contributed by atoms with van der Waals surface area (Å²) in [5, 5.41) is 0. The van der Waals surface area contributed by atoms with Gasteiger partial charge in [-0.05, 0) is 26.8 Å². The molecule has 2 rings (SSSR count). The standard InChI is InChI=1S/C14H21N3O3/c1-14(2,3)20-13(18)17-6-7-19-11(9-17)10-4-5-12(15)16-8-10/h4-5,8,11H,6-7,9H2,1-3H3,(H2,15,16)/t11-/m0/s1. The Kier molecular flexibility index (Phi) is 4.13. The zero-order valence-corrected chi connectivity index (χ0v) is 12.1. The molecule has 0 spiro atoms. The fourth-order valence-corrected chi connectivity index (χ4v) is 1.95. The highest BCUT2D eigenvalue weighted by Gasteiger charge is 2.28. The Hall–Kier alpha value is -1.82. The van der Waals surface area contributed by atoms with Gasteiger partial charge in [-0.1, -0.05) is 6.07 Å². The lowest BCUT2D eigenvalue weighted by Crippen LogP contribution is -2.44. The molecule has 1 atom stereocenters. The fourth-order valence-electron chi connectivity index (χ4n) is 1.95. The van der Waals surface area contributed by atoms with Crippen LogP contribution in [0.1, 0.15) is 32.4 Å². The molecule has 0 aromatic carbocycles. The number of hydrogen-bond acceptors (Lipinski definition) is 5. The summed E-state index contributed by atoms with van der Waals surface area (Å²) >= 11 is 0. The van der Waals surface area contributed by atoms with Crippen molar-refractivity contribution >= 4 is 11.9 Å². The summed E-state index contributed by atoms with van der Waals surface area (Å²) in [7, 11) is 0. The van der Waals surface area contributed by atoms with E-state index in [4.69, 9.17) is 15.2 Å². The number of nitrogens with two attached hydrogens (primary N) is 1. The van der Waals surface area contributed by atoms with Crippen LogP contribution in [0.5, 0.6) is 0 Å². The number of hydrogen-bond donors (Lipinski definition) is 1. The summed E-state index contributed by atoms with van der Waals surface area (Å²) in [4.78, 5) is 17.8. The molecule has 0 aliphatic carbocycles. The van der Waals surface area contributed by atoms with E-state index >= 15 is 0 Å². The first-order valence-electron chi connectivity index (χ1n) is 6.66. The van der Waals surface area contributed by atoms with Crippen molar-refractivity contribution in [2.45, 2.75) is 32.5 Å². The first-order chi connectivity index (χ1) is 9.35. The molecule has 1 aliphatic rings. The maximum atomic E-state index is 12.1. The Bertz CT molecular complexity index is 468. The molecule has 2 N–H and O–H groups in total. The van der Waals surface area contributed by atoms with Gasteiger partial charge in [0, 0.05) is 18.3 Å². The molecule has 1 aromatic rings. The number of ether oxygens (including phenoxy) is 2. The molecule has 0 unspecified atom stereocenters. The zero-order chi connectivity index (χ0) is 14.8. The molecular formula is C14H21N3O3. The van der Waals surface area contributed by atoms with Crippen molar-refractivity contribution < 1.29 is 14.3 Å². The largest absolute Gasteiger partial charge is 0.444 e. The van der Waals surface area contributed by atoms with Gasteiger partial charge in [0.05, 0.1) is 13.2 Å². The van der Waals surface area contributed by atoms with Crippen molar-refractivity contribution in [3.05, 3.63) is 23.9 Å². The van der Waals surface area contributed by atoms with Gasteiger partial charge in [0.25, 0.3) is 0 Å². The van der Waals surface area contributed by atoms with Gasteiger partial charge in [-0.2, -0.15) is 0 Å². The topological polar surface area (TPSA) is 77.7 Å². The molecule has 1 amide bonds. The number of rotatable bonds is 1. The monoisotopic (exact) mass is 279 g/mol. The highest BCUT2D eigenvalue weighted by molar-refractivity contribution is 5.68. The molecule has 1 aromatic heterocycles. The normalized spacial score (nSPS) is 19.8. The van der Waals surface area contributed by atoms with Crippen molar-refractivity contribution in [3.63, 3.8) is 0 Å². The van der Waals surface area contributed by atoms with E-state index in [9.17, 15) is 4.79 Å². The van der Waals surface area contributed by atoms with Crippen LogP contribution in [0.2, 0.25) is 0 Å². The first kappa shape index (κ1) is 14.6. The van der Waals surface area contributed by atoms with Crippen molar-refractivity contribution in [1.82, 2.24) is 9.88 Å². The van der Waals surface area contributed by atoms with E-state index in [0.717, 1.165) is 5.56 Å². The Balaban J connectivity index is 2.01. The summed E-state index contributed by atoms with van der Waals surface area (Å²) in [6.07, 6.45) is 1.18. The minimum Gasteiger partial charge on any atom is -0.444 e. The van der Waals surface area contributed by atoms with Gasteiger partial charge in [0.15, 0.2) is 0 Å². The number of anilines is 1. The van der Waals surface area contributed by atoms with Crippen molar-refractivity contribution in [2.24, 2.45) is 0 Å². The second kappa shape index (κ2) is 5.66. The van der Waals surface area contributed by atoms with Crippen LogP contribution in [0.15, 0.2) is 18.3 Å². The molecule has 20 heavy (non-hydrogen) atoms. The molecule has 2 heterocycles. The molecule has 110 valence electrons. The van der Waals surface area contributed by atoms with Crippen molar-refractivity contribution in [1.29, 1.82) is 0 Å². The maximum Gasteiger partial charge on any atom is 0.410 e. The number of morpholine rings is 1. The van der Waals surface area contributed by atoms with Crippen LogP contribution in [0, 0.1) is 0 Å². The molecular weight excluding hydrogens is 258 g/mol. The lowest BCUT2D eigenvalue weighted by molar-refractivity contribution is -0.0433. The molecule has 0 bridgehead atoms. The number of carbonyl (C=O) groups is 1. The zero-order valence-electron chi connectivity index (χ0n) is 12.1. The third-order valence-corrected chi connectivity index (χ3v) is 2.90. The molecule has 0 saturated carbocycles. The third kappa shape index (κ3) is 3.84. The summed E-state index contributed by atoms with van der Waals surface area (Å²) in [5.41, 5.74) is 5.98. The van der Waals surface area contributed by atoms with E-state index in [0.29, 0.717) is 25.5 Å². The van der Waals surface area contributed by atoms with Crippen molar-refractivity contribution in [3.8, 4) is 0 Å². The smallest absolute Gasteiger partial charge is 0.410 e. The summed E-state index contributed by atoms with van der Waals surface area (Å²) < 4.78 is 11.1.